The minimum absolute atomic E-state index is 0.396. The second-order valence-electron chi connectivity index (χ2n) is 5.66. The van der Waals surface area contributed by atoms with E-state index in [0.29, 0.717) is 5.78 Å². The zero-order chi connectivity index (χ0) is 13.3. The Bertz CT molecular complexity index is 306. The van der Waals surface area contributed by atoms with Gasteiger partial charge in [0.1, 0.15) is 0 Å². The molecular formula is C16H27NO2. The van der Waals surface area contributed by atoms with Gasteiger partial charge in [-0.05, 0) is 37.8 Å². The van der Waals surface area contributed by atoms with E-state index in [9.17, 15) is 4.79 Å². The first-order chi connectivity index (χ1) is 9.36. The number of carbonyl (C=O) groups excluding carboxylic acids is 1. The van der Waals surface area contributed by atoms with Gasteiger partial charge in [-0.2, -0.15) is 0 Å². The Kier molecular flexibility index (Phi) is 6.58. The summed E-state index contributed by atoms with van der Waals surface area (Å²) in [6.07, 6.45) is 11.3. The molecule has 0 bridgehead atoms. The maximum atomic E-state index is 11.4. The van der Waals surface area contributed by atoms with Crippen molar-refractivity contribution in [1.82, 2.24) is 4.90 Å². The number of rotatable bonds is 8. The predicted octanol–water partition coefficient (Wildman–Crippen LogP) is 2.95. The Balaban J connectivity index is 1.41. The van der Waals surface area contributed by atoms with Crippen molar-refractivity contribution in [3.05, 3.63) is 11.6 Å². The molecule has 0 aromatic carbocycles. The van der Waals surface area contributed by atoms with Gasteiger partial charge in [0, 0.05) is 19.5 Å². The number of morpholine rings is 1. The van der Waals surface area contributed by atoms with Gasteiger partial charge in [-0.15, -0.1) is 0 Å². The summed E-state index contributed by atoms with van der Waals surface area (Å²) < 4.78 is 5.34. The summed E-state index contributed by atoms with van der Waals surface area (Å²) in [5, 5.41) is 0. The molecule has 2 rings (SSSR count). The zero-order valence-corrected chi connectivity index (χ0v) is 12.0. The van der Waals surface area contributed by atoms with Crippen molar-refractivity contribution < 1.29 is 9.53 Å². The van der Waals surface area contributed by atoms with E-state index in [1.165, 1.54) is 38.6 Å². The average Bonchev–Trinajstić information content (AvgIpc) is 2.84. The third-order valence-corrected chi connectivity index (χ3v) is 4.14. The van der Waals surface area contributed by atoms with E-state index in [-0.39, 0.29) is 0 Å². The second kappa shape index (κ2) is 8.49. The number of hydrogen-bond acceptors (Lipinski definition) is 3. The lowest BCUT2D eigenvalue weighted by atomic mass is 10.0. The van der Waals surface area contributed by atoms with Crippen molar-refractivity contribution in [3.63, 3.8) is 0 Å². The van der Waals surface area contributed by atoms with Crippen molar-refractivity contribution in [3.8, 4) is 0 Å². The van der Waals surface area contributed by atoms with Crippen LogP contribution in [-0.4, -0.2) is 43.5 Å². The lowest BCUT2D eigenvalue weighted by molar-refractivity contribution is -0.115. The molecule has 0 amide bonds. The van der Waals surface area contributed by atoms with Crippen LogP contribution in [0.2, 0.25) is 0 Å². The fourth-order valence-electron chi connectivity index (χ4n) is 2.90. The Morgan fingerprint density at radius 3 is 2.53 bits per heavy atom. The summed E-state index contributed by atoms with van der Waals surface area (Å²) in [6.45, 7) is 5.26. The molecular weight excluding hydrogens is 238 g/mol. The zero-order valence-electron chi connectivity index (χ0n) is 12.0. The minimum atomic E-state index is 0.396. The van der Waals surface area contributed by atoms with Gasteiger partial charge in [-0.3, -0.25) is 9.69 Å². The fourth-order valence-corrected chi connectivity index (χ4v) is 2.90. The van der Waals surface area contributed by atoms with Gasteiger partial charge in [-0.25, -0.2) is 0 Å². The van der Waals surface area contributed by atoms with E-state index in [1.807, 2.05) is 0 Å². The lowest BCUT2D eigenvalue weighted by Gasteiger charge is -2.26. The van der Waals surface area contributed by atoms with E-state index in [4.69, 9.17) is 4.74 Å². The Hall–Kier alpha value is -0.670. The number of carbonyl (C=O) groups is 1. The first-order valence-corrected chi connectivity index (χ1v) is 7.88. The topological polar surface area (TPSA) is 29.5 Å². The van der Waals surface area contributed by atoms with E-state index in [1.54, 1.807) is 0 Å². The summed E-state index contributed by atoms with van der Waals surface area (Å²) in [5.41, 5.74) is 1.10. The lowest BCUT2D eigenvalue weighted by Crippen LogP contribution is -2.36. The third-order valence-electron chi connectivity index (χ3n) is 4.14. The minimum Gasteiger partial charge on any atom is -0.379 e. The van der Waals surface area contributed by atoms with E-state index in [0.717, 1.165) is 51.1 Å². The second-order valence-corrected chi connectivity index (χ2v) is 5.66. The molecule has 0 unspecified atom stereocenters. The molecule has 0 radical (unpaired) electrons. The first-order valence-electron chi connectivity index (χ1n) is 7.88. The van der Waals surface area contributed by atoms with Crippen molar-refractivity contribution >= 4 is 5.78 Å². The molecule has 1 saturated heterocycles. The number of ether oxygens (including phenoxy) is 1. The van der Waals surface area contributed by atoms with Gasteiger partial charge in [0.15, 0.2) is 5.78 Å². The molecule has 1 fully saturated rings. The highest BCUT2D eigenvalue weighted by Gasteiger charge is 2.13. The summed E-state index contributed by atoms with van der Waals surface area (Å²) in [5.74, 6) is 0.396. The van der Waals surface area contributed by atoms with Crippen molar-refractivity contribution in [2.24, 2.45) is 0 Å². The number of ketones is 1. The molecule has 0 N–H and O–H groups in total. The van der Waals surface area contributed by atoms with Crippen molar-refractivity contribution in [2.45, 2.75) is 51.4 Å². The maximum absolute atomic E-state index is 11.4. The van der Waals surface area contributed by atoms with E-state index >= 15 is 0 Å². The van der Waals surface area contributed by atoms with Crippen LogP contribution in [0, 0.1) is 0 Å². The number of nitrogens with zero attached hydrogens (tertiary/aromatic N) is 1. The SMILES string of the molecule is O=C1CCC=C1CCCCCCCN1CCOCC1. The molecule has 19 heavy (non-hydrogen) atoms. The van der Waals surface area contributed by atoms with Crippen LogP contribution in [0.3, 0.4) is 0 Å². The molecule has 2 aliphatic rings. The summed E-state index contributed by atoms with van der Waals surface area (Å²) in [7, 11) is 0. The monoisotopic (exact) mass is 265 g/mol. The quantitative estimate of drug-likeness (QED) is 0.632. The van der Waals surface area contributed by atoms with Gasteiger partial charge in [0.25, 0.3) is 0 Å². The molecule has 1 aliphatic carbocycles. The summed E-state index contributed by atoms with van der Waals surface area (Å²) in [4.78, 5) is 13.9. The molecule has 108 valence electrons. The number of Topliss-reactive ketones (excluding diaryl/α,β-unsaturated/α-hetero) is 1. The molecule has 0 aromatic heterocycles. The van der Waals surface area contributed by atoms with E-state index in [2.05, 4.69) is 11.0 Å². The smallest absolute Gasteiger partial charge is 0.158 e. The molecule has 0 atom stereocenters. The summed E-state index contributed by atoms with van der Waals surface area (Å²) in [6, 6.07) is 0. The van der Waals surface area contributed by atoms with Crippen molar-refractivity contribution in [2.75, 3.05) is 32.8 Å². The van der Waals surface area contributed by atoms with Crippen LogP contribution in [0.4, 0.5) is 0 Å². The molecule has 0 spiro atoms. The van der Waals surface area contributed by atoms with Crippen molar-refractivity contribution in [1.29, 1.82) is 0 Å². The van der Waals surface area contributed by atoms with Crippen LogP contribution in [-0.2, 0) is 9.53 Å². The largest absolute Gasteiger partial charge is 0.379 e. The molecule has 0 aromatic rings. The highest BCUT2D eigenvalue weighted by Crippen LogP contribution is 2.20. The molecule has 0 saturated carbocycles. The van der Waals surface area contributed by atoms with Gasteiger partial charge in [-0.1, -0.05) is 25.3 Å². The number of hydrogen-bond donors (Lipinski definition) is 0. The molecule has 3 nitrogen and oxygen atoms in total. The van der Waals surface area contributed by atoms with Gasteiger partial charge < -0.3 is 4.74 Å². The Labute approximate surface area is 117 Å². The summed E-state index contributed by atoms with van der Waals surface area (Å²) >= 11 is 0. The third kappa shape index (κ3) is 5.45. The number of unbranched alkanes of at least 4 members (excludes halogenated alkanes) is 4. The average molecular weight is 265 g/mol. The van der Waals surface area contributed by atoms with E-state index < -0.39 is 0 Å². The molecule has 1 aliphatic heterocycles. The van der Waals surface area contributed by atoms with Crippen LogP contribution in [0.25, 0.3) is 0 Å². The van der Waals surface area contributed by atoms with Crippen LogP contribution in [0.5, 0.6) is 0 Å². The Morgan fingerprint density at radius 2 is 1.79 bits per heavy atom. The first kappa shape index (κ1) is 14.7. The Morgan fingerprint density at radius 1 is 1.05 bits per heavy atom. The van der Waals surface area contributed by atoms with Crippen LogP contribution >= 0.6 is 0 Å². The highest BCUT2D eigenvalue weighted by molar-refractivity contribution is 5.97. The van der Waals surface area contributed by atoms with Gasteiger partial charge >= 0.3 is 0 Å². The molecule has 3 heteroatoms. The fraction of sp³-hybridized carbons (Fsp3) is 0.812. The van der Waals surface area contributed by atoms with Crippen LogP contribution in [0.15, 0.2) is 11.6 Å². The predicted molar refractivity (Wildman–Crippen MR) is 77.3 cm³/mol. The number of allylic oxidation sites excluding steroid dienone is 2. The maximum Gasteiger partial charge on any atom is 0.158 e. The van der Waals surface area contributed by atoms with Gasteiger partial charge in [0.2, 0.25) is 0 Å². The van der Waals surface area contributed by atoms with Gasteiger partial charge in [0.05, 0.1) is 13.2 Å². The normalized spacial score (nSPS) is 20.8. The molecule has 1 heterocycles. The standard InChI is InChI=1S/C16H27NO2/c18-16-9-6-8-15(16)7-4-2-1-3-5-10-17-11-13-19-14-12-17/h8H,1-7,9-14H2. The van der Waals surface area contributed by atoms with Crippen LogP contribution < -0.4 is 0 Å². The van der Waals surface area contributed by atoms with Crippen LogP contribution in [0.1, 0.15) is 51.4 Å². The highest BCUT2D eigenvalue weighted by atomic mass is 16.5.